The largest absolute Gasteiger partial charge is 0.387 e. The molecule has 4 nitrogen and oxygen atoms in total. The molecule has 0 amide bonds. The molecule has 4 heteroatoms. The van der Waals surface area contributed by atoms with Gasteiger partial charge in [-0.2, -0.15) is 0 Å². The van der Waals surface area contributed by atoms with Gasteiger partial charge in [0.15, 0.2) is 0 Å². The molecule has 3 aromatic rings. The number of aromatic nitrogens is 1. The van der Waals surface area contributed by atoms with Crippen molar-refractivity contribution in [2.24, 2.45) is 0 Å². The molecule has 1 unspecified atom stereocenters. The maximum atomic E-state index is 10.3. The summed E-state index contributed by atoms with van der Waals surface area (Å²) >= 11 is 0. The van der Waals surface area contributed by atoms with Crippen LogP contribution in [0.1, 0.15) is 35.8 Å². The highest BCUT2D eigenvalue weighted by atomic mass is 16.3. The number of pyridine rings is 1. The minimum Gasteiger partial charge on any atom is -0.387 e. The summed E-state index contributed by atoms with van der Waals surface area (Å²) in [5.74, 6) is 0. The average Bonchev–Trinajstić information content (AvgIpc) is 2.63. The lowest BCUT2D eigenvalue weighted by Crippen LogP contribution is -2.24. The Balaban J connectivity index is 1.67. The van der Waals surface area contributed by atoms with Crippen molar-refractivity contribution in [3.05, 3.63) is 71.4 Å². The molecule has 1 aliphatic carbocycles. The standard InChI is InChI=1S/C20H21N3O/c24-18-12-6-10-16-19(23-21-13-14-7-2-1-3-8-14)15-9-4-5-11-17(15)22-20(16)18/h1-5,7-9,11,18,21,24H,6,10,12-13H2,(H,22,23). The van der Waals surface area contributed by atoms with Gasteiger partial charge >= 0.3 is 0 Å². The summed E-state index contributed by atoms with van der Waals surface area (Å²) in [5, 5.41) is 11.4. The van der Waals surface area contributed by atoms with E-state index in [2.05, 4.69) is 29.1 Å². The molecule has 0 saturated carbocycles. The highest BCUT2D eigenvalue weighted by molar-refractivity contribution is 5.93. The summed E-state index contributed by atoms with van der Waals surface area (Å²) < 4.78 is 0. The van der Waals surface area contributed by atoms with Gasteiger partial charge in [-0.05, 0) is 30.9 Å². The number of rotatable bonds is 4. The number of aliphatic hydroxyl groups is 1. The monoisotopic (exact) mass is 319 g/mol. The van der Waals surface area contributed by atoms with Crippen molar-refractivity contribution in [1.29, 1.82) is 0 Å². The number of para-hydroxylation sites is 1. The van der Waals surface area contributed by atoms with Crippen molar-refractivity contribution in [3.63, 3.8) is 0 Å². The number of nitrogens with one attached hydrogen (secondary N) is 2. The zero-order valence-electron chi connectivity index (χ0n) is 13.5. The second-order valence-corrected chi connectivity index (χ2v) is 6.24. The fraction of sp³-hybridized carbons (Fsp3) is 0.250. The van der Waals surface area contributed by atoms with Gasteiger partial charge in [0.05, 0.1) is 23.0 Å². The molecule has 4 rings (SSSR count). The first-order valence-electron chi connectivity index (χ1n) is 8.45. The molecule has 0 bridgehead atoms. The van der Waals surface area contributed by atoms with E-state index in [0.29, 0.717) is 0 Å². The third kappa shape index (κ3) is 2.86. The molecule has 1 aromatic heterocycles. The Morgan fingerprint density at radius 1 is 1.04 bits per heavy atom. The highest BCUT2D eigenvalue weighted by Gasteiger charge is 2.24. The zero-order chi connectivity index (χ0) is 16.4. The molecule has 1 atom stereocenters. The van der Waals surface area contributed by atoms with Crippen LogP contribution in [0.25, 0.3) is 10.9 Å². The summed E-state index contributed by atoms with van der Waals surface area (Å²) in [5.41, 5.74) is 11.8. The van der Waals surface area contributed by atoms with Gasteiger partial charge in [-0.1, -0.05) is 48.5 Å². The predicted octanol–water partition coefficient (Wildman–Crippen LogP) is 3.72. The molecule has 0 saturated heterocycles. The third-order valence-electron chi connectivity index (χ3n) is 4.59. The fourth-order valence-electron chi connectivity index (χ4n) is 3.38. The van der Waals surface area contributed by atoms with Crippen LogP contribution < -0.4 is 10.9 Å². The van der Waals surface area contributed by atoms with Crippen LogP contribution in [-0.4, -0.2) is 10.1 Å². The Kier molecular flexibility index (Phi) is 4.15. The first kappa shape index (κ1) is 15.1. The summed E-state index contributed by atoms with van der Waals surface area (Å²) in [4.78, 5) is 4.71. The van der Waals surface area contributed by atoms with E-state index < -0.39 is 6.10 Å². The van der Waals surface area contributed by atoms with E-state index in [1.54, 1.807) is 0 Å². The molecule has 1 aliphatic rings. The first-order valence-corrected chi connectivity index (χ1v) is 8.45. The lowest BCUT2D eigenvalue weighted by molar-refractivity contribution is 0.152. The highest BCUT2D eigenvalue weighted by Crippen LogP contribution is 2.36. The number of aliphatic hydroxyl groups excluding tert-OH is 1. The minimum atomic E-state index is -0.465. The van der Waals surface area contributed by atoms with E-state index in [1.807, 2.05) is 36.4 Å². The zero-order valence-corrected chi connectivity index (χ0v) is 13.5. The smallest absolute Gasteiger partial charge is 0.0963 e. The third-order valence-corrected chi connectivity index (χ3v) is 4.59. The van der Waals surface area contributed by atoms with Crippen molar-refractivity contribution >= 4 is 16.6 Å². The number of nitrogens with zero attached hydrogens (tertiary/aromatic N) is 1. The van der Waals surface area contributed by atoms with Crippen LogP contribution in [0.15, 0.2) is 54.6 Å². The van der Waals surface area contributed by atoms with Crippen molar-refractivity contribution in [2.45, 2.75) is 31.9 Å². The van der Waals surface area contributed by atoms with Crippen LogP contribution in [0.3, 0.4) is 0 Å². The quantitative estimate of drug-likeness (QED) is 0.642. The van der Waals surface area contributed by atoms with E-state index in [1.165, 1.54) is 5.56 Å². The number of benzene rings is 2. The molecule has 0 aliphatic heterocycles. The van der Waals surface area contributed by atoms with Gasteiger partial charge in [0.1, 0.15) is 0 Å². The number of hydrogen-bond acceptors (Lipinski definition) is 4. The van der Waals surface area contributed by atoms with Crippen LogP contribution in [0, 0.1) is 0 Å². The topological polar surface area (TPSA) is 57.2 Å². The fourth-order valence-corrected chi connectivity index (χ4v) is 3.38. The molecule has 0 radical (unpaired) electrons. The molecule has 2 aromatic carbocycles. The van der Waals surface area contributed by atoms with Gasteiger partial charge in [0, 0.05) is 17.5 Å². The Morgan fingerprint density at radius 3 is 2.71 bits per heavy atom. The molecule has 0 fully saturated rings. The Bertz CT molecular complexity index is 848. The van der Waals surface area contributed by atoms with Crippen LogP contribution >= 0.6 is 0 Å². The van der Waals surface area contributed by atoms with Gasteiger partial charge in [0.2, 0.25) is 0 Å². The van der Waals surface area contributed by atoms with Gasteiger partial charge < -0.3 is 10.5 Å². The van der Waals surface area contributed by atoms with Gasteiger partial charge in [0.25, 0.3) is 0 Å². The normalized spacial score (nSPS) is 16.8. The maximum absolute atomic E-state index is 10.3. The van der Waals surface area contributed by atoms with Gasteiger partial charge in [-0.15, -0.1) is 0 Å². The molecule has 24 heavy (non-hydrogen) atoms. The predicted molar refractivity (Wildman–Crippen MR) is 96.5 cm³/mol. The van der Waals surface area contributed by atoms with Crippen LogP contribution in [0.2, 0.25) is 0 Å². The van der Waals surface area contributed by atoms with E-state index in [4.69, 9.17) is 4.98 Å². The lowest BCUT2D eigenvalue weighted by Gasteiger charge is -2.25. The first-order chi connectivity index (χ1) is 11.8. The molecular weight excluding hydrogens is 298 g/mol. The molecule has 0 spiro atoms. The summed E-state index contributed by atoms with van der Waals surface area (Å²) in [6.45, 7) is 0.731. The number of hydrazine groups is 1. The summed E-state index contributed by atoms with van der Waals surface area (Å²) in [7, 11) is 0. The molecule has 1 heterocycles. The van der Waals surface area contributed by atoms with E-state index in [9.17, 15) is 5.11 Å². The van der Waals surface area contributed by atoms with E-state index in [-0.39, 0.29) is 0 Å². The van der Waals surface area contributed by atoms with Crippen molar-refractivity contribution in [3.8, 4) is 0 Å². The number of fused-ring (bicyclic) bond motifs is 2. The molecular formula is C20H21N3O. The summed E-state index contributed by atoms with van der Waals surface area (Å²) in [6, 6.07) is 18.4. The van der Waals surface area contributed by atoms with Crippen LogP contribution in [0.4, 0.5) is 5.69 Å². The van der Waals surface area contributed by atoms with E-state index >= 15 is 0 Å². The van der Waals surface area contributed by atoms with Crippen molar-refractivity contribution in [1.82, 2.24) is 10.4 Å². The van der Waals surface area contributed by atoms with Crippen molar-refractivity contribution in [2.75, 3.05) is 5.43 Å². The second-order valence-electron chi connectivity index (χ2n) is 6.24. The Hall–Kier alpha value is -2.43. The minimum absolute atomic E-state index is 0.465. The molecule has 122 valence electrons. The number of hydrogen-bond donors (Lipinski definition) is 3. The Morgan fingerprint density at radius 2 is 1.83 bits per heavy atom. The van der Waals surface area contributed by atoms with Gasteiger partial charge in [-0.25, -0.2) is 10.4 Å². The Labute approximate surface area is 141 Å². The maximum Gasteiger partial charge on any atom is 0.0963 e. The molecule has 3 N–H and O–H groups in total. The average molecular weight is 319 g/mol. The number of anilines is 1. The van der Waals surface area contributed by atoms with Crippen LogP contribution in [0.5, 0.6) is 0 Å². The van der Waals surface area contributed by atoms with Crippen LogP contribution in [-0.2, 0) is 13.0 Å². The van der Waals surface area contributed by atoms with Crippen molar-refractivity contribution < 1.29 is 5.11 Å². The lowest BCUT2D eigenvalue weighted by atomic mass is 9.91. The second kappa shape index (κ2) is 6.59. The van der Waals surface area contributed by atoms with E-state index in [0.717, 1.165) is 53.7 Å². The van der Waals surface area contributed by atoms with Gasteiger partial charge in [-0.3, -0.25) is 0 Å². The SMILES string of the molecule is OC1CCCc2c1nc1ccccc1c2NNCc1ccccc1. The summed E-state index contributed by atoms with van der Waals surface area (Å²) in [6.07, 6.45) is 2.25.